The first-order chi connectivity index (χ1) is 10.3. The molecule has 102 valence electrons. The van der Waals surface area contributed by atoms with Crippen molar-refractivity contribution in [3.8, 4) is 22.3 Å². The Morgan fingerprint density at radius 2 is 1.19 bits per heavy atom. The Labute approximate surface area is 128 Å². The molecule has 0 N–H and O–H groups in total. The van der Waals surface area contributed by atoms with Gasteiger partial charge in [-0.3, -0.25) is 4.79 Å². The summed E-state index contributed by atoms with van der Waals surface area (Å²) >= 11 is 6.08. The largest absolute Gasteiger partial charge is 0.298 e. The van der Waals surface area contributed by atoms with Gasteiger partial charge in [-0.15, -0.1) is 0 Å². The van der Waals surface area contributed by atoms with E-state index in [1.807, 2.05) is 30.3 Å². The first kappa shape index (κ1) is 13.6. The molecule has 3 rings (SSSR count). The summed E-state index contributed by atoms with van der Waals surface area (Å²) in [5.74, 6) is 0. The smallest absolute Gasteiger partial charge is 0.151 e. The average molecular weight is 293 g/mol. The highest BCUT2D eigenvalue weighted by atomic mass is 35.5. The molecule has 0 spiro atoms. The Morgan fingerprint density at radius 1 is 0.667 bits per heavy atom. The fourth-order valence-corrected chi connectivity index (χ4v) is 2.51. The highest BCUT2D eigenvalue weighted by Crippen LogP contribution is 2.27. The molecule has 0 heterocycles. The SMILES string of the molecule is O=Cc1ccc(-c2ccc(-c3ccccc3)cc2)cc1Cl. The molecule has 0 atom stereocenters. The van der Waals surface area contributed by atoms with Gasteiger partial charge in [0.1, 0.15) is 0 Å². The fraction of sp³-hybridized carbons (Fsp3) is 0. The summed E-state index contributed by atoms with van der Waals surface area (Å²) in [6, 6.07) is 24.0. The molecule has 0 aliphatic rings. The highest BCUT2D eigenvalue weighted by molar-refractivity contribution is 6.33. The maximum Gasteiger partial charge on any atom is 0.151 e. The van der Waals surface area contributed by atoms with E-state index in [0.29, 0.717) is 10.6 Å². The van der Waals surface area contributed by atoms with E-state index >= 15 is 0 Å². The summed E-state index contributed by atoms with van der Waals surface area (Å²) in [7, 11) is 0. The zero-order valence-electron chi connectivity index (χ0n) is 11.3. The summed E-state index contributed by atoms with van der Waals surface area (Å²) in [4.78, 5) is 10.8. The van der Waals surface area contributed by atoms with Crippen molar-refractivity contribution in [1.82, 2.24) is 0 Å². The van der Waals surface area contributed by atoms with Crippen molar-refractivity contribution in [2.45, 2.75) is 0 Å². The van der Waals surface area contributed by atoms with E-state index in [4.69, 9.17) is 11.6 Å². The number of carbonyl (C=O) groups excluding carboxylic acids is 1. The van der Waals surface area contributed by atoms with Crippen LogP contribution in [0, 0.1) is 0 Å². The van der Waals surface area contributed by atoms with Crippen LogP contribution in [0.1, 0.15) is 10.4 Å². The van der Waals surface area contributed by atoms with Crippen LogP contribution < -0.4 is 0 Å². The number of benzene rings is 3. The van der Waals surface area contributed by atoms with Gasteiger partial charge in [0.05, 0.1) is 5.02 Å². The van der Waals surface area contributed by atoms with Crippen LogP contribution in [0.3, 0.4) is 0 Å². The van der Waals surface area contributed by atoms with E-state index in [1.165, 1.54) is 11.1 Å². The third kappa shape index (κ3) is 2.88. The number of hydrogen-bond donors (Lipinski definition) is 0. The first-order valence-electron chi connectivity index (χ1n) is 6.68. The Morgan fingerprint density at radius 3 is 1.76 bits per heavy atom. The van der Waals surface area contributed by atoms with E-state index in [9.17, 15) is 4.79 Å². The predicted molar refractivity (Wildman–Crippen MR) is 87.7 cm³/mol. The van der Waals surface area contributed by atoms with E-state index in [2.05, 4.69) is 36.4 Å². The number of carbonyl (C=O) groups is 1. The molecular formula is C19H13ClO. The molecule has 3 aromatic carbocycles. The average Bonchev–Trinajstić information content (AvgIpc) is 2.56. The third-order valence-corrected chi connectivity index (χ3v) is 3.78. The molecule has 0 aliphatic heterocycles. The minimum Gasteiger partial charge on any atom is -0.298 e. The quantitative estimate of drug-likeness (QED) is 0.584. The lowest BCUT2D eigenvalue weighted by Crippen LogP contribution is -1.84. The van der Waals surface area contributed by atoms with Gasteiger partial charge in [-0.05, 0) is 34.4 Å². The van der Waals surface area contributed by atoms with Crippen LogP contribution in [0.4, 0.5) is 0 Å². The Hall–Kier alpha value is -2.38. The van der Waals surface area contributed by atoms with Crippen LogP contribution >= 0.6 is 11.6 Å². The zero-order chi connectivity index (χ0) is 14.7. The molecule has 21 heavy (non-hydrogen) atoms. The number of rotatable bonds is 3. The molecule has 2 heteroatoms. The van der Waals surface area contributed by atoms with E-state index < -0.39 is 0 Å². The Balaban J connectivity index is 1.94. The van der Waals surface area contributed by atoms with Gasteiger partial charge in [0.15, 0.2) is 6.29 Å². The maximum atomic E-state index is 10.8. The van der Waals surface area contributed by atoms with Gasteiger partial charge in [0.25, 0.3) is 0 Å². The van der Waals surface area contributed by atoms with Crippen LogP contribution in [0.2, 0.25) is 5.02 Å². The topological polar surface area (TPSA) is 17.1 Å². The first-order valence-corrected chi connectivity index (χ1v) is 7.06. The molecule has 0 aromatic heterocycles. The van der Waals surface area contributed by atoms with Crippen molar-refractivity contribution in [1.29, 1.82) is 0 Å². The maximum absolute atomic E-state index is 10.8. The predicted octanol–water partition coefficient (Wildman–Crippen LogP) is 5.49. The second kappa shape index (κ2) is 5.94. The third-order valence-electron chi connectivity index (χ3n) is 3.45. The van der Waals surface area contributed by atoms with E-state index in [0.717, 1.165) is 17.4 Å². The van der Waals surface area contributed by atoms with Crippen molar-refractivity contribution < 1.29 is 4.79 Å². The number of aldehydes is 1. The van der Waals surface area contributed by atoms with Gasteiger partial charge in [0.2, 0.25) is 0 Å². The van der Waals surface area contributed by atoms with Crippen LogP contribution in [-0.2, 0) is 0 Å². The molecule has 0 aliphatic carbocycles. The Kier molecular flexibility index (Phi) is 3.85. The van der Waals surface area contributed by atoms with Gasteiger partial charge in [0, 0.05) is 5.56 Å². The lowest BCUT2D eigenvalue weighted by atomic mass is 10.00. The molecule has 0 amide bonds. The minimum absolute atomic E-state index is 0.481. The summed E-state index contributed by atoms with van der Waals surface area (Å²) in [5, 5.41) is 0.481. The molecule has 0 saturated heterocycles. The van der Waals surface area contributed by atoms with Gasteiger partial charge >= 0.3 is 0 Å². The standard InChI is InChI=1S/C19H13ClO/c20-19-12-17(10-11-18(19)13-21)16-8-6-15(7-9-16)14-4-2-1-3-5-14/h1-13H. The normalized spacial score (nSPS) is 10.3. The van der Waals surface area contributed by atoms with Gasteiger partial charge in [-0.25, -0.2) is 0 Å². The van der Waals surface area contributed by atoms with Gasteiger partial charge in [-0.2, -0.15) is 0 Å². The van der Waals surface area contributed by atoms with Crippen molar-refractivity contribution in [2.24, 2.45) is 0 Å². The number of halogens is 1. The Bertz CT molecular complexity index is 761. The summed E-state index contributed by atoms with van der Waals surface area (Å²) in [5.41, 5.74) is 4.97. The van der Waals surface area contributed by atoms with Crippen molar-refractivity contribution in [2.75, 3.05) is 0 Å². The lowest BCUT2D eigenvalue weighted by molar-refractivity contribution is 0.112. The molecule has 0 bridgehead atoms. The second-order valence-corrected chi connectivity index (χ2v) is 5.20. The molecule has 0 saturated carbocycles. The lowest BCUT2D eigenvalue weighted by Gasteiger charge is -2.06. The van der Waals surface area contributed by atoms with Crippen molar-refractivity contribution in [3.63, 3.8) is 0 Å². The highest BCUT2D eigenvalue weighted by Gasteiger charge is 2.04. The van der Waals surface area contributed by atoms with E-state index in [1.54, 1.807) is 6.07 Å². The second-order valence-electron chi connectivity index (χ2n) is 4.80. The molecule has 3 aromatic rings. The van der Waals surface area contributed by atoms with Crippen LogP contribution in [0.15, 0.2) is 72.8 Å². The van der Waals surface area contributed by atoms with Gasteiger partial charge < -0.3 is 0 Å². The van der Waals surface area contributed by atoms with Crippen molar-refractivity contribution >= 4 is 17.9 Å². The summed E-state index contributed by atoms with van der Waals surface area (Å²) < 4.78 is 0. The van der Waals surface area contributed by atoms with Crippen LogP contribution in [0.5, 0.6) is 0 Å². The summed E-state index contributed by atoms with van der Waals surface area (Å²) in [6.07, 6.45) is 0.768. The van der Waals surface area contributed by atoms with E-state index in [-0.39, 0.29) is 0 Å². The zero-order valence-corrected chi connectivity index (χ0v) is 12.0. The fourth-order valence-electron chi connectivity index (χ4n) is 2.29. The van der Waals surface area contributed by atoms with Gasteiger partial charge in [-0.1, -0.05) is 72.3 Å². The monoisotopic (exact) mass is 292 g/mol. The molecule has 0 radical (unpaired) electrons. The molecule has 0 fully saturated rings. The molecular weight excluding hydrogens is 280 g/mol. The minimum atomic E-state index is 0.481. The van der Waals surface area contributed by atoms with Crippen molar-refractivity contribution in [3.05, 3.63) is 83.4 Å². The van der Waals surface area contributed by atoms with Crippen LogP contribution in [0.25, 0.3) is 22.3 Å². The summed E-state index contributed by atoms with van der Waals surface area (Å²) in [6.45, 7) is 0. The van der Waals surface area contributed by atoms with Crippen LogP contribution in [-0.4, -0.2) is 6.29 Å². The number of hydrogen-bond acceptors (Lipinski definition) is 1. The molecule has 0 unspecified atom stereocenters. The molecule has 1 nitrogen and oxygen atoms in total.